The molecule has 1 aliphatic carbocycles. The van der Waals surface area contributed by atoms with Gasteiger partial charge in [0.2, 0.25) is 0 Å². The van der Waals surface area contributed by atoms with Crippen LogP contribution in [0.15, 0.2) is 0 Å². The maximum Gasteiger partial charge on any atom is -0.0391 e. The summed E-state index contributed by atoms with van der Waals surface area (Å²) < 4.78 is 0. The van der Waals surface area contributed by atoms with Crippen molar-refractivity contribution in [1.29, 1.82) is 0 Å². The summed E-state index contributed by atoms with van der Waals surface area (Å²) in [6.45, 7) is 4.61. The van der Waals surface area contributed by atoms with Gasteiger partial charge >= 0.3 is 0 Å². The molecule has 0 amide bonds. The van der Waals surface area contributed by atoms with E-state index in [1.165, 1.54) is 12.8 Å². The molecule has 1 fully saturated rings. The normalized spacial score (nSPS) is 19.3. The Balaban J connectivity index is 0.000000360. The third kappa shape index (κ3) is 2.52. The molecule has 0 unspecified atom stereocenters. The minimum atomic E-state index is 0. The van der Waals surface area contributed by atoms with Gasteiger partial charge in [-0.3, -0.25) is 0 Å². The molecule has 1 saturated carbocycles. The van der Waals surface area contributed by atoms with Crippen molar-refractivity contribution in [2.75, 3.05) is 0 Å². The van der Waals surface area contributed by atoms with Crippen molar-refractivity contribution in [3.8, 4) is 0 Å². The summed E-state index contributed by atoms with van der Waals surface area (Å²) >= 11 is 0. The molecule has 0 aromatic heterocycles. The van der Waals surface area contributed by atoms with Crippen LogP contribution in [0, 0.1) is 11.8 Å². The predicted octanol–water partition coefficient (Wildman–Crippen LogP) is 2.67. The summed E-state index contributed by atoms with van der Waals surface area (Å²) in [5.41, 5.74) is 0. The second-order valence-electron chi connectivity index (χ2n) is 2.58. The van der Waals surface area contributed by atoms with Crippen molar-refractivity contribution in [2.24, 2.45) is 11.8 Å². The van der Waals surface area contributed by atoms with E-state index in [9.17, 15) is 0 Å². The summed E-state index contributed by atoms with van der Waals surface area (Å²) in [6, 6.07) is 0. The number of hydrogen-bond donors (Lipinski definition) is 0. The van der Waals surface area contributed by atoms with Crippen molar-refractivity contribution in [3.05, 3.63) is 0 Å². The largest absolute Gasteiger partial charge is 0.107 e. The van der Waals surface area contributed by atoms with Crippen LogP contribution in [0.1, 0.15) is 26.7 Å². The van der Waals surface area contributed by atoms with Gasteiger partial charge in [-0.15, -0.1) is 24.0 Å². The third-order valence-electron chi connectivity index (χ3n) is 1.56. The molecule has 0 aliphatic heterocycles. The van der Waals surface area contributed by atoms with Crippen LogP contribution in [0.25, 0.3) is 0 Å². The van der Waals surface area contributed by atoms with Gasteiger partial charge in [0, 0.05) is 0 Å². The average Bonchev–Trinajstić information content (AvgIpc) is 2.06. The molecule has 0 saturated heterocycles. The Morgan fingerprint density at radius 2 is 1.71 bits per heavy atom. The molecular weight excluding hydrogens is 199 g/mol. The predicted molar refractivity (Wildman–Crippen MR) is 43.0 cm³/mol. The Hall–Kier alpha value is 0.730. The minimum Gasteiger partial charge on any atom is -0.107 e. The number of hydrogen-bond acceptors (Lipinski definition) is 0. The molecule has 0 spiro atoms. The van der Waals surface area contributed by atoms with Gasteiger partial charge in [0.05, 0.1) is 0 Å². The smallest absolute Gasteiger partial charge is 0.0391 e. The molecule has 0 aromatic rings. The van der Waals surface area contributed by atoms with Crippen LogP contribution in [0.5, 0.6) is 0 Å². The molecule has 0 bridgehead atoms. The third-order valence-corrected chi connectivity index (χ3v) is 1.56. The van der Waals surface area contributed by atoms with E-state index < -0.39 is 0 Å². The first-order chi connectivity index (χ1) is 2.80. The molecule has 0 aromatic carbocycles. The van der Waals surface area contributed by atoms with Gasteiger partial charge in [0.15, 0.2) is 0 Å². The Kier molecular flexibility index (Phi) is 3.20. The van der Waals surface area contributed by atoms with Crippen molar-refractivity contribution < 1.29 is 0 Å². The quantitative estimate of drug-likeness (QED) is 0.586. The fourth-order valence-corrected chi connectivity index (χ4v) is 0.763. The Labute approximate surface area is 62.7 Å². The summed E-state index contributed by atoms with van der Waals surface area (Å²) in [4.78, 5) is 0. The lowest BCUT2D eigenvalue weighted by Gasteiger charge is -1.94. The SMILES string of the molecule is CC(C)C1CC1.I. The fraction of sp³-hybridized carbons (Fsp3) is 1.00. The first-order valence-electron chi connectivity index (χ1n) is 2.80. The lowest BCUT2D eigenvalue weighted by atomic mass is 10.1. The molecule has 0 N–H and O–H groups in total. The second kappa shape index (κ2) is 2.90. The molecule has 1 rings (SSSR count). The van der Waals surface area contributed by atoms with E-state index in [2.05, 4.69) is 13.8 Å². The van der Waals surface area contributed by atoms with Crippen molar-refractivity contribution >= 4 is 24.0 Å². The van der Waals surface area contributed by atoms with E-state index in [1.54, 1.807) is 0 Å². The lowest BCUT2D eigenvalue weighted by Crippen LogP contribution is -1.85. The molecule has 0 nitrogen and oxygen atoms in total. The fourth-order valence-electron chi connectivity index (χ4n) is 0.763. The van der Waals surface area contributed by atoms with Gasteiger partial charge in [-0.25, -0.2) is 0 Å². The van der Waals surface area contributed by atoms with Crippen LogP contribution < -0.4 is 0 Å². The minimum absolute atomic E-state index is 0. The van der Waals surface area contributed by atoms with E-state index >= 15 is 0 Å². The highest BCUT2D eigenvalue weighted by Gasteiger charge is 2.23. The van der Waals surface area contributed by atoms with E-state index in [-0.39, 0.29) is 24.0 Å². The van der Waals surface area contributed by atoms with Gasteiger partial charge in [0.1, 0.15) is 0 Å². The molecule has 0 atom stereocenters. The summed E-state index contributed by atoms with van der Waals surface area (Å²) in [6.07, 6.45) is 3.00. The van der Waals surface area contributed by atoms with Crippen LogP contribution in [-0.2, 0) is 0 Å². The summed E-state index contributed by atoms with van der Waals surface area (Å²) in [5, 5.41) is 0. The Bertz CT molecular complexity index is 46.1. The molecule has 1 aliphatic rings. The van der Waals surface area contributed by atoms with E-state index in [1.807, 2.05) is 0 Å². The van der Waals surface area contributed by atoms with Gasteiger partial charge in [0.25, 0.3) is 0 Å². The van der Waals surface area contributed by atoms with Gasteiger partial charge < -0.3 is 0 Å². The molecular formula is C6H13I. The maximum absolute atomic E-state index is 2.30. The number of halogens is 1. The molecule has 44 valence electrons. The molecule has 7 heavy (non-hydrogen) atoms. The van der Waals surface area contributed by atoms with E-state index in [0.29, 0.717) is 0 Å². The Morgan fingerprint density at radius 3 is 1.71 bits per heavy atom. The summed E-state index contributed by atoms with van der Waals surface area (Å²) in [7, 11) is 0. The van der Waals surface area contributed by atoms with Crippen LogP contribution >= 0.6 is 24.0 Å². The standard InChI is InChI=1S/C6H12.HI/c1-5(2)6-3-4-6;/h5-6H,3-4H2,1-2H3;1H. The zero-order chi connectivity index (χ0) is 4.57. The van der Waals surface area contributed by atoms with Gasteiger partial charge in [-0.2, -0.15) is 0 Å². The van der Waals surface area contributed by atoms with Gasteiger partial charge in [-0.1, -0.05) is 13.8 Å². The van der Waals surface area contributed by atoms with Crippen LogP contribution in [0.4, 0.5) is 0 Å². The van der Waals surface area contributed by atoms with Crippen LogP contribution in [0.3, 0.4) is 0 Å². The lowest BCUT2D eigenvalue weighted by molar-refractivity contribution is 0.563. The maximum atomic E-state index is 2.30. The average molecular weight is 212 g/mol. The zero-order valence-corrected chi connectivity index (χ0v) is 7.31. The van der Waals surface area contributed by atoms with Crippen molar-refractivity contribution in [2.45, 2.75) is 26.7 Å². The van der Waals surface area contributed by atoms with Crippen molar-refractivity contribution in [1.82, 2.24) is 0 Å². The monoisotopic (exact) mass is 212 g/mol. The van der Waals surface area contributed by atoms with Crippen molar-refractivity contribution in [3.63, 3.8) is 0 Å². The highest BCUT2D eigenvalue weighted by atomic mass is 127. The topological polar surface area (TPSA) is 0 Å². The molecule has 1 heteroatoms. The highest BCUT2D eigenvalue weighted by Crippen LogP contribution is 2.35. The van der Waals surface area contributed by atoms with Gasteiger partial charge in [-0.05, 0) is 24.7 Å². The van der Waals surface area contributed by atoms with E-state index in [4.69, 9.17) is 0 Å². The van der Waals surface area contributed by atoms with Crippen LogP contribution in [-0.4, -0.2) is 0 Å². The Morgan fingerprint density at radius 1 is 1.29 bits per heavy atom. The number of rotatable bonds is 1. The zero-order valence-electron chi connectivity index (χ0n) is 4.98. The second-order valence-corrected chi connectivity index (χ2v) is 2.58. The molecule has 0 heterocycles. The van der Waals surface area contributed by atoms with Crippen LogP contribution in [0.2, 0.25) is 0 Å². The first kappa shape index (κ1) is 7.73. The van der Waals surface area contributed by atoms with E-state index in [0.717, 1.165) is 11.8 Å². The highest BCUT2D eigenvalue weighted by molar-refractivity contribution is 14.0. The summed E-state index contributed by atoms with van der Waals surface area (Å²) in [5.74, 6) is 2.06. The first-order valence-corrected chi connectivity index (χ1v) is 2.80. The molecule has 0 radical (unpaired) electrons.